The monoisotopic (exact) mass is 486 g/mol. The summed E-state index contributed by atoms with van der Waals surface area (Å²) in [5, 5.41) is 45.2. The number of hydrogen-bond acceptors (Lipinski definition) is 11. The molecule has 1 aromatic rings. The Bertz CT molecular complexity index is 781. The van der Waals surface area contributed by atoms with E-state index < -0.39 is 43.3 Å². The lowest BCUT2D eigenvalue weighted by Crippen LogP contribution is -2.64. The number of nitrogens with one attached hydrogen (secondary N) is 4. The van der Waals surface area contributed by atoms with Crippen LogP contribution in [0, 0.1) is 4.91 Å². The van der Waals surface area contributed by atoms with E-state index in [1.807, 2.05) is 45.2 Å². The molecule has 0 unspecified atom stereocenters. The fourth-order valence-corrected chi connectivity index (χ4v) is 2.84. The minimum absolute atomic E-state index is 0.0249. The fourth-order valence-electron chi connectivity index (χ4n) is 2.84. The van der Waals surface area contributed by atoms with Crippen LogP contribution in [0.4, 0.5) is 4.79 Å². The fraction of sp³-hybridized carbons (Fsp3) is 0.600. The molecule has 3 amide bonds. The van der Waals surface area contributed by atoms with Crippen LogP contribution < -0.4 is 21.5 Å². The van der Waals surface area contributed by atoms with E-state index in [2.05, 4.69) is 26.8 Å². The van der Waals surface area contributed by atoms with Crippen molar-refractivity contribution in [1.29, 1.82) is 0 Å². The summed E-state index contributed by atoms with van der Waals surface area (Å²) in [6.45, 7) is 4.03. The molecule has 0 aromatic heterocycles. The van der Waals surface area contributed by atoms with E-state index >= 15 is 0 Å². The average Bonchev–Trinajstić information content (AvgIpc) is 2.82. The summed E-state index contributed by atoms with van der Waals surface area (Å²) in [6.07, 6.45) is -5.84. The molecule has 14 nitrogen and oxygen atoms in total. The number of amides is 3. The lowest BCUT2D eigenvalue weighted by molar-refractivity contribution is -0.252. The molecule has 1 fully saturated rings. The van der Waals surface area contributed by atoms with Crippen LogP contribution in [0.3, 0.4) is 0 Å². The number of aliphatic hydroxyl groups is 4. The predicted octanol–water partition coefficient (Wildman–Crippen LogP) is -1.84. The molecular weight excluding hydrogens is 452 g/mol. The van der Waals surface area contributed by atoms with Crippen LogP contribution in [-0.4, -0.2) is 94.8 Å². The number of nitroso groups, excluding NO2 is 1. The number of ether oxygens (including phenoxy) is 1. The van der Waals surface area contributed by atoms with E-state index in [4.69, 9.17) is 9.84 Å². The minimum atomic E-state index is -1.63. The Morgan fingerprint density at radius 2 is 1.76 bits per heavy atom. The van der Waals surface area contributed by atoms with Gasteiger partial charge in [-0.2, -0.15) is 5.01 Å². The first kappa shape index (κ1) is 29.3. The molecule has 0 saturated carbocycles. The van der Waals surface area contributed by atoms with Gasteiger partial charge in [0.05, 0.1) is 11.9 Å². The van der Waals surface area contributed by atoms with Gasteiger partial charge in [0.15, 0.2) is 6.29 Å². The standard InChI is InChI=1S/C12H19N3O.C8H15N3O7/c1-9(2)15-12(16)11-6-4-10(5-7-11)8-14-13-3;1-11(10-17)8(16)9-4-6(14)5(13)3(2-12)18-7(4)15/h4-7,9,13-14H,8H2,1-3H3,(H,15,16);3-7,12-15H,2H2,1H3,(H,9,16)/t;3-,4-,5-,6-,7+/m.1/s1. The molecule has 0 aliphatic carbocycles. The highest BCUT2D eigenvalue weighted by Crippen LogP contribution is 2.19. The Morgan fingerprint density at radius 1 is 1.15 bits per heavy atom. The third kappa shape index (κ3) is 8.90. The van der Waals surface area contributed by atoms with Crippen molar-refractivity contribution in [2.45, 2.75) is 57.1 Å². The van der Waals surface area contributed by atoms with Gasteiger partial charge in [-0.05, 0) is 38.6 Å². The number of aliphatic hydroxyl groups excluding tert-OH is 4. The van der Waals surface area contributed by atoms with E-state index in [1.54, 1.807) is 0 Å². The van der Waals surface area contributed by atoms with Crippen molar-refractivity contribution in [2.75, 3.05) is 20.7 Å². The van der Waals surface area contributed by atoms with E-state index in [-0.39, 0.29) is 11.9 Å². The summed E-state index contributed by atoms with van der Waals surface area (Å²) in [5.74, 6) is -0.0249. The van der Waals surface area contributed by atoms with Gasteiger partial charge in [0, 0.05) is 25.2 Å². The van der Waals surface area contributed by atoms with E-state index in [9.17, 15) is 29.8 Å². The highest BCUT2D eigenvalue weighted by molar-refractivity contribution is 5.94. The Kier molecular flexibility index (Phi) is 12.5. The maximum atomic E-state index is 11.6. The van der Waals surface area contributed by atoms with E-state index in [1.165, 1.54) is 0 Å². The first-order valence-electron chi connectivity index (χ1n) is 10.5. The summed E-state index contributed by atoms with van der Waals surface area (Å²) in [4.78, 5) is 33.0. The third-order valence-corrected chi connectivity index (χ3v) is 4.71. The maximum absolute atomic E-state index is 11.6. The lowest BCUT2D eigenvalue weighted by Gasteiger charge is -2.40. The molecule has 1 aliphatic heterocycles. The van der Waals surface area contributed by atoms with Gasteiger partial charge in [0.25, 0.3) is 5.91 Å². The zero-order valence-electron chi connectivity index (χ0n) is 19.5. The number of hydrazine groups is 1. The van der Waals surface area contributed by atoms with Crippen molar-refractivity contribution in [1.82, 2.24) is 26.5 Å². The van der Waals surface area contributed by atoms with Crippen molar-refractivity contribution in [3.05, 3.63) is 40.3 Å². The van der Waals surface area contributed by atoms with E-state index in [0.717, 1.165) is 19.2 Å². The number of benzene rings is 1. The van der Waals surface area contributed by atoms with Gasteiger partial charge < -0.3 is 35.8 Å². The van der Waals surface area contributed by atoms with Gasteiger partial charge in [-0.3, -0.25) is 15.6 Å². The molecule has 0 bridgehead atoms. The highest BCUT2D eigenvalue weighted by atomic mass is 16.6. The normalized spacial score (nSPS) is 24.0. The van der Waals surface area contributed by atoms with Gasteiger partial charge in [-0.25, -0.2) is 4.79 Å². The Labute approximate surface area is 197 Å². The van der Waals surface area contributed by atoms with Crippen LogP contribution in [0.5, 0.6) is 0 Å². The maximum Gasteiger partial charge on any atom is 0.340 e. The quantitative estimate of drug-likeness (QED) is 0.152. The summed E-state index contributed by atoms with van der Waals surface area (Å²) in [5.41, 5.74) is 7.68. The molecule has 1 saturated heterocycles. The molecule has 0 spiro atoms. The Hall–Kier alpha value is -2.72. The SMILES string of the molecule is CN(N=O)C(=O)N[C@@H]1[C@@H](O)[C@H](O)[C@@H](CO)O[C@@H]1O.CNNCc1ccc(C(=O)NC(C)C)cc1. The van der Waals surface area contributed by atoms with Crippen molar-refractivity contribution in [3.8, 4) is 0 Å². The number of rotatable bonds is 8. The van der Waals surface area contributed by atoms with Gasteiger partial charge in [0.2, 0.25) is 0 Å². The first-order valence-corrected chi connectivity index (χ1v) is 10.5. The molecule has 192 valence electrons. The van der Waals surface area contributed by atoms with Gasteiger partial charge in [-0.15, -0.1) is 4.91 Å². The number of nitrogens with zero attached hydrogens (tertiary/aromatic N) is 2. The van der Waals surface area contributed by atoms with Gasteiger partial charge in [-0.1, -0.05) is 12.1 Å². The molecule has 5 atom stereocenters. The second kappa shape index (κ2) is 14.5. The second-order valence-corrected chi connectivity index (χ2v) is 7.74. The Balaban J connectivity index is 0.000000342. The summed E-state index contributed by atoms with van der Waals surface area (Å²) < 4.78 is 4.80. The topological polar surface area (TPSA) is 205 Å². The van der Waals surface area contributed by atoms with Crippen molar-refractivity contribution in [2.24, 2.45) is 5.29 Å². The average molecular weight is 487 g/mol. The van der Waals surface area contributed by atoms with Crippen LogP contribution in [0.25, 0.3) is 0 Å². The van der Waals surface area contributed by atoms with Gasteiger partial charge >= 0.3 is 6.03 Å². The zero-order chi connectivity index (χ0) is 25.8. The second-order valence-electron chi connectivity index (χ2n) is 7.74. The van der Waals surface area contributed by atoms with Crippen molar-refractivity contribution < 1.29 is 34.8 Å². The summed E-state index contributed by atoms with van der Waals surface area (Å²) in [6, 6.07) is 5.40. The van der Waals surface area contributed by atoms with E-state index in [0.29, 0.717) is 10.6 Å². The summed E-state index contributed by atoms with van der Waals surface area (Å²) >= 11 is 0. The smallest absolute Gasteiger partial charge is 0.340 e. The van der Waals surface area contributed by atoms with Crippen molar-refractivity contribution in [3.63, 3.8) is 0 Å². The molecule has 1 aliphatic rings. The largest absolute Gasteiger partial charge is 0.394 e. The number of carbonyl (C=O) groups excluding carboxylic acids is 2. The number of hydrogen-bond donors (Lipinski definition) is 8. The molecular formula is C20H34N6O8. The lowest BCUT2D eigenvalue weighted by atomic mass is 9.97. The molecule has 1 heterocycles. The molecule has 8 N–H and O–H groups in total. The van der Waals surface area contributed by atoms with Crippen molar-refractivity contribution >= 4 is 11.9 Å². The highest BCUT2D eigenvalue weighted by Gasteiger charge is 2.44. The zero-order valence-corrected chi connectivity index (χ0v) is 19.5. The first-order chi connectivity index (χ1) is 16.0. The molecule has 14 heteroatoms. The molecule has 0 radical (unpaired) electrons. The van der Waals surface area contributed by atoms with Crippen LogP contribution in [-0.2, 0) is 11.3 Å². The number of urea groups is 1. The predicted molar refractivity (Wildman–Crippen MR) is 121 cm³/mol. The molecule has 2 rings (SSSR count). The molecule has 34 heavy (non-hydrogen) atoms. The molecule has 1 aromatic carbocycles. The summed E-state index contributed by atoms with van der Waals surface area (Å²) in [7, 11) is 2.89. The number of carbonyl (C=O) groups is 2. The van der Waals surface area contributed by atoms with Crippen LogP contribution in [0.1, 0.15) is 29.8 Å². The van der Waals surface area contributed by atoms with Crippen LogP contribution in [0.15, 0.2) is 29.6 Å². The third-order valence-electron chi connectivity index (χ3n) is 4.71. The Morgan fingerprint density at radius 3 is 2.26 bits per heavy atom. The van der Waals surface area contributed by atoms with Crippen LogP contribution in [0.2, 0.25) is 0 Å². The van der Waals surface area contributed by atoms with Gasteiger partial charge in [0.1, 0.15) is 24.4 Å². The van der Waals surface area contributed by atoms with Crippen LogP contribution >= 0.6 is 0 Å². The minimum Gasteiger partial charge on any atom is -0.394 e.